The first-order valence-electron chi connectivity index (χ1n) is 8.44. The molecule has 3 heterocycles. The molecule has 1 aromatic carbocycles. The molecule has 0 bridgehead atoms. The molecule has 0 radical (unpaired) electrons. The summed E-state index contributed by atoms with van der Waals surface area (Å²) in [5.41, 5.74) is 5.14. The van der Waals surface area contributed by atoms with Crippen LogP contribution in [-0.4, -0.2) is 15.3 Å². The van der Waals surface area contributed by atoms with Gasteiger partial charge in [0.1, 0.15) is 17.2 Å². The van der Waals surface area contributed by atoms with Crippen molar-refractivity contribution in [1.82, 2.24) is 9.38 Å². The monoisotopic (exact) mass is 345 g/mol. The standard InChI is InChI=1S/C21H19N3O2/c1-13-6-5-9-24-12-19(23-20(13)24)16-7-4-8-17(11-16)22-21(25)18-10-14(2)26-15(18)3/h4-12H,1-3H3,(H,22,25). The van der Waals surface area contributed by atoms with Crippen molar-refractivity contribution in [3.8, 4) is 11.3 Å². The number of nitrogens with zero attached hydrogens (tertiary/aromatic N) is 2. The average molecular weight is 345 g/mol. The van der Waals surface area contributed by atoms with Gasteiger partial charge < -0.3 is 14.1 Å². The summed E-state index contributed by atoms with van der Waals surface area (Å²) in [4.78, 5) is 17.2. The van der Waals surface area contributed by atoms with Gasteiger partial charge in [0.15, 0.2) is 0 Å². The Balaban J connectivity index is 1.65. The molecule has 4 rings (SSSR count). The maximum Gasteiger partial charge on any atom is 0.259 e. The summed E-state index contributed by atoms with van der Waals surface area (Å²) in [6, 6.07) is 13.5. The Morgan fingerprint density at radius 1 is 1.12 bits per heavy atom. The van der Waals surface area contributed by atoms with Gasteiger partial charge in [-0.05, 0) is 50.6 Å². The van der Waals surface area contributed by atoms with E-state index < -0.39 is 0 Å². The van der Waals surface area contributed by atoms with Crippen molar-refractivity contribution in [2.45, 2.75) is 20.8 Å². The SMILES string of the molecule is Cc1cc(C(=O)Nc2cccc(-c3cn4cccc(C)c4n3)c2)c(C)o1. The molecular weight excluding hydrogens is 326 g/mol. The zero-order valence-corrected chi connectivity index (χ0v) is 14.9. The average Bonchev–Trinajstić information content (AvgIpc) is 3.19. The van der Waals surface area contributed by atoms with E-state index in [9.17, 15) is 4.79 Å². The van der Waals surface area contributed by atoms with Crippen LogP contribution in [0, 0.1) is 20.8 Å². The highest BCUT2D eigenvalue weighted by atomic mass is 16.3. The molecule has 5 nitrogen and oxygen atoms in total. The molecule has 4 aromatic rings. The molecule has 0 atom stereocenters. The maximum atomic E-state index is 12.5. The van der Waals surface area contributed by atoms with Crippen LogP contribution >= 0.6 is 0 Å². The maximum absolute atomic E-state index is 12.5. The number of anilines is 1. The van der Waals surface area contributed by atoms with Gasteiger partial charge in [-0.3, -0.25) is 4.79 Å². The minimum atomic E-state index is -0.178. The summed E-state index contributed by atoms with van der Waals surface area (Å²) in [7, 11) is 0. The fourth-order valence-corrected chi connectivity index (χ4v) is 3.10. The highest BCUT2D eigenvalue weighted by molar-refractivity contribution is 6.05. The van der Waals surface area contributed by atoms with E-state index in [2.05, 4.69) is 5.32 Å². The van der Waals surface area contributed by atoms with Crippen molar-refractivity contribution in [2.75, 3.05) is 5.32 Å². The number of carbonyl (C=O) groups is 1. The molecule has 5 heteroatoms. The number of imidazole rings is 1. The number of fused-ring (bicyclic) bond motifs is 1. The molecule has 3 aromatic heterocycles. The normalized spacial score (nSPS) is 11.0. The van der Waals surface area contributed by atoms with Crippen LogP contribution < -0.4 is 5.32 Å². The van der Waals surface area contributed by atoms with Crippen LogP contribution in [0.25, 0.3) is 16.9 Å². The van der Waals surface area contributed by atoms with Gasteiger partial charge >= 0.3 is 0 Å². The van der Waals surface area contributed by atoms with Crippen LogP contribution in [0.2, 0.25) is 0 Å². The zero-order chi connectivity index (χ0) is 18.3. The first kappa shape index (κ1) is 16.1. The van der Waals surface area contributed by atoms with Crippen LogP contribution in [0.1, 0.15) is 27.4 Å². The van der Waals surface area contributed by atoms with Crippen LogP contribution in [0.15, 0.2) is 59.3 Å². The third-order valence-electron chi connectivity index (χ3n) is 4.38. The predicted octanol–water partition coefficient (Wildman–Crippen LogP) is 4.77. The van der Waals surface area contributed by atoms with Gasteiger partial charge in [-0.15, -0.1) is 0 Å². The molecule has 0 saturated carbocycles. The Morgan fingerprint density at radius 2 is 1.96 bits per heavy atom. The second-order valence-corrected chi connectivity index (χ2v) is 6.41. The Kier molecular flexibility index (Phi) is 3.84. The second-order valence-electron chi connectivity index (χ2n) is 6.41. The van der Waals surface area contributed by atoms with Crippen LogP contribution in [0.3, 0.4) is 0 Å². The van der Waals surface area contributed by atoms with E-state index in [-0.39, 0.29) is 5.91 Å². The minimum absolute atomic E-state index is 0.178. The lowest BCUT2D eigenvalue weighted by Gasteiger charge is -2.06. The van der Waals surface area contributed by atoms with Crippen LogP contribution in [0.4, 0.5) is 5.69 Å². The van der Waals surface area contributed by atoms with E-state index in [1.54, 1.807) is 13.0 Å². The van der Waals surface area contributed by atoms with Gasteiger partial charge in [-0.25, -0.2) is 4.98 Å². The van der Waals surface area contributed by atoms with E-state index in [1.807, 2.05) is 67.0 Å². The van der Waals surface area contributed by atoms with Gasteiger partial charge in [0.25, 0.3) is 5.91 Å². The second kappa shape index (κ2) is 6.19. The van der Waals surface area contributed by atoms with Crippen molar-refractivity contribution in [1.29, 1.82) is 0 Å². The number of nitrogens with one attached hydrogen (secondary N) is 1. The van der Waals surface area contributed by atoms with Gasteiger partial charge in [-0.2, -0.15) is 0 Å². The predicted molar refractivity (Wildman–Crippen MR) is 102 cm³/mol. The lowest BCUT2D eigenvalue weighted by molar-refractivity contribution is 0.102. The van der Waals surface area contributed by atoms with E-state index in [0.29, 0.717) is 11.3 Å². The first-order valence-corrected chi connectivity index (χ1v) is 8.44. The molecule has 1 amide bonds. The number of rotatable bonds is 3. The van der Waals surface area contributed by atoms with Gasteiger partial charge in [-0.1, -0.05) is 18.2 Å². The van der Waals surface area contributed by atoms with E-state index in [4.69, 9.17) is 9.40 Å². The molecule has 0 aliphatic heterocycles. The van der Waals surface area contributed by atoms with Crippen LogP contribution in [-0.2, 0) is 0 Å². The molecule has 0 fully saturated rings. The number of carbonyl (C=O) groups excluding carboxylic acids is 1. The highest BCUT2D eigenvalue weighted by Gasteiger charge is 2.14. The zero-order valence-electron chi connectivity index (χ0n) is 14.9. The number of aromatic nitrogens is 2. The molecular formula is C21H19N3O2. The Bertz CT molecular complexity index is 1120. The van der Waals surface area contributed by atoms with Crippen molar-refractivity contribution >= 4 is 17.2 Å². The molecule has 0 saturated heterocycles. The molecule has 26 heavy (non-hydrogen) atoms. The largest absolute Gasteiger partial charge is 0.466 e. The number of pyridine rings is 1. The van der Waals surface area contributed by atoms with Crippen LogP contribution in [0.5, 0.6) is 0 Å². The Hall–Kier alpha value is -3.34. The number of furan rings is 1. The molecule has 1 N–H and O–H groups in total. The van der Waals surface area contributed by atoms with E-state index in [1.165, 1.54) is 0 Å². The third-order valence-corrected chi connectivity index (χ3v) is 4.38. The smallest absolute Gasteiger partial charge is 0.259 e. The molecule has 0 unspecified atom stereocenters. The van der Waals surface area contributed by atoms with E-state index in [0.717, 1.165) is 33.9 Å². The summed E-state index contributed by atoms with van der Waals surface area (Å²) in [5.74, 6) is 1.16. The molecule has 0 aliphatic rings. The van der Waals surface area contributed by atoms with E-state index >= 15 is 0 Å². The van der Waals surface area contributed by atoms with Gasteiger partial charge in [0.2, 0.25) is 0 Å². The van der Waals surface area contributed by atoms with Gasteiger partial charge in [0, 0.05) is 23.6 Å². The summed E-state index contributed by atoms with van der Waals surface area (Å²) in [6.07, 6.45) is 3.97. The highest BCUT2D eigenvalue weighted by Crippen LogP contribution is 2.24. The lowest BCUT2D eigenvalue weighted by atomic mass is 10.1. The quantitative estimate of drug-likeness (QED) is 0.582. The van der Waals surface area contributed by atoms with Crippen molar-refractivity contribution < 1.29 is 9.21 Å². The van der Waals surface area contributed by atoms with Gasteiger partial charge in [0.05, 0.1) is 11.3 Å². The fourth-order valence-electron chi connectivity index (χ4n) is 3.10. The van der Waals surface area contributed by atoms with Crippen molar-refractivity contribution in [3.63, 3.8) is 0 Å². The summed E-state index contributed by atoms with van der Waals surface area (Å²) < 4.78 is 7.45. The summed E-state index contributed by atoms with van der Waals surface area (Å²) in [6.45, 7) is 5.66. The molecule has 0 aliphatic carbocycles. The Labute approximate surface area is 151 Å². The first-order chi connectivity index (χ1) is 12.5. The van der Waals surface area contributed by atoms with Crippen molar-refractivity contribution in [2.24, 2.45) is 0 Å². The summed E-state index contributed by atoms with van der Waals surface area (Å²) >= 11 is 0. The number of hydrogen-bond acceptors (Lipinski definition) is 3. The number of benzene rings is 1. The number of hydrogen-bond donors (Lipinski definition) is 1. The lowest BCUT2D eigenvalue weighted by Crippen LogP contribution is -2.12. The Morgan fingerprint density at radius 3 is 2.69 bits per heavy atom. The molecule has 130 valence electrons. The minimum Gasteiger partial charge on any atom is -0.466 e. The molecule has 0 spiro atoms. The topological polar surface area (TPSA) is 59.5 Å². The number of amides is 1. The third kappa shape index (κ3) is 2.88. The van der Waals surface area contributed by atoms with Crippen molar-refractivity contribution in [3.05, 3.63) is 77.5 Å². The fraction of sp³-hybridized carbons (Fsp3) is 0.143. The number of aryl methyl sites for hydroxylation is 3. The summed E-state index contributed by atoms with van der Waals surface area (Å²) in [5, 5.41) is 2.93.